The first-order chi connectivity index (χ1) is 13.9. The van der Waals surface area contributed by atoms with E-state index in [-0.39, 0.29) is 12.4 Å². The predicted octanol–water partition coefficient (Wildman–Crippen LogP) is 3.69. The molecule has 0 saturated carbocycles. The van der Waals surface area contributed by atoms with Crippen molar-refractivity contribution in [1.82, 2.24) is 9.47 Å². The lowest BCUT2D eigenvalue weighted by Gasteiger charge is -2.15. The zero-order valence-corrected chi connectivity index (χ0v) is 17.5. The van der Waals surface area contributed by atoms with Crippen LogP contribution in [0.3, 0.4) is 0 Å². The molecule has 0 saturated heterocycles. The quantitative estimate of drug-likeness (QED) is 0.423. The molecule has 6 heteroatoms. The van der Waals surface area contributed by atoms with Gasteiger partial charge in [0.25, 0.3) is 0 Å². The fourth-order valence-corrected chi connectivity index (χ4v) is 3.73. The van der Waals surface area contributed by atoms with Crippen molar-refractivity contribution >= 4 is 11.8 Å². The highest BCUT2D eigenvalue weighted by Gasteiger charge is 2.29. The largest absolute Gasteiger partial charge is 0.497 e. The molecular weight excluding hydrogens is 368 g/mol. The third-order valence-electron chi connectivity index (χ3n) is 4.95. The fourth-order valence-electron chi connectivity index (χ4n) is 3.73. The van der Waals surface area contributed by atoms with Crippen molar-refractivity contribution in [2.45, 2.75) is 32.7 Å². The number of carbonyl (C=O) groups excluding carboxylic acids is 2. The molecular formula is C23H28N2O4. The van der Waals surface area contributed by atoms with Gasteiger partial charge in [0.2, 0.25) is 5.78 Å². The summed E-state index contributed by atoms with van der Waals surface area (Å²) in [6, 6.07) is 9.47. The van der Waals surface area contributed by atoms with Gasteiger partial charge in [-0.2, -0.15) is 0 Å². The Balaban J connectivity index is 2.12. The van der Waals surface area contributed by atoms with E-state index >= 15 is 0 Å². The molecule has 0 radical (unpaired) electrons. The van der Waals surface area contributed by atoms with Gasteiger partial charge in [-0.3, -0.25) is 4.79 Å². The molecule has 1 aromatic carbocycles. The average Bonchev–Trinajstić information content (AvgIpc) is 2.97. The van der Waals surface area contributed by atoms with E-state index in [0.29, 0.717) is 17.9 Å². The summed E-state index contributed by atoms with van der Waals surface area (Å²) < 4.78 is 12.4. The SMILES string of the molecule is CCOC(=O)c1cc2c(n1Cc1cccc(OC)c1)C(=O)C(=CN(C)C)CCC2. The Morgan fingerprint density at radius 3 is 2.72 bits per heavy atom. The van der Waals surface area contributed by atoms with Crippen molar-refractivity contribution in [2.24, 2.45) is 0 Å². The topological polar surface area (TPSA) is 60.8 Å². The van der Waals surface area contributed by atoms with Gasteiger partial charge in [0.15, 0.2) is 0 Å². The third kappa shape index (κ3) is 4.53. The number of aryl methyl sites for hydroxylation is 1. The summed E-state index contributed by atoms with van der Waals surface area (Å²) >= 11 is 0. The van der Waals surface area contributed by atoms with Crippen LogP contribution in [0.5, 0.6) is 5.75 Å². The number of ketones is 1. The lowest BCUT2D eigenvalue weighted by molar-refractivity contribution is 0.0514. The number of methoxy groups -OCH3 is 1. The van der Waals surface area contributed by atoms with E-state index in [0.717, 1.165) is 41.7 Å². The maximum absolute atomic E-state index is 13.4. The lowest BCUT2D eigenvalue weighted by atomic mass is 10.1. The van der Waals surface area contributed by atoms with Gasteiger partial charge in [-0.25, -0.2) is 4.79 Å². The lowest BCUT2D eigenvalue weighted by Crippen LogP contribution is -2.19. The summed E-state index contributed by atoms with van der Waals surface area (Å²) in [4.78, 5) is 27.9. The second-order valence-corrected chi connectivity index (χ2v) is 7.36. The van der Waals surface area contributed by atoms with Crippen molar-refractivity contribution in [3.8, 4) is 5.75 Å². The molecule has 1 aliphatic rings. The molecule has 3 rings (SSSR count). The highest BCUT2D eigenvalue weighted by molar-refractivity contribution is 6.10. The Morgan fingerprint density at radius 2 is 2.03 bits per heavy atom. The highest BCUT2D eigenvalue weighted by Crippen LogP contribution is 2.29. The van der Waals surface area contributed by atoms with Crippen LogP contribution >= 0.6 is 0 Å². The molecule has 154 valence electrons. The number of ether oxygens (including phenoxy) is 2. The summed E-state index contributed by atoms with van der Waals surface area (Å²) in [7, 11) is 5.43. The smallest absolute Gasteiger partial charge is 0.354 e. The number of carbonyl (C=O) groups is 2. The fraction of sp³-hybridized carbons (Fsp3) is 0.391. The summed E-state index contributed by atoms with van der Waals surface area (Å²) in [6.07, 6.45) is 4.22. The van der Waals surface area contributed by atoms with Gasteiger partial charge in [-0.1, -0.05) is 12.1 Å². The van der Waals surface area contributed by atoms with E-state index in [4.69, 9.17) is 9.47 Å². The number of hydrogen-bond acceptors (Lipinski definition) is 5. The van der Waals surface area contributed by atoms with Crippen LogP contribution in [0.4, 0.5) is 0 Å². The summed E-state index contributed by atoms with van der Waals surface area (Å²) in [5.74, 6) is 0.303. The standard InChI is InChI=1S/C23H28N2O4/c1-5-29-23(27)20-13-17-9-7-10-18(15-24(2)3)22(26)21(17)25(20)14-16-8-6-11-19(12-16)28-4/h6,8,11-13,15H,5,7,9-10,14H2,1-4H3. The van der Waals surface area contributed by atoms with Crippen LogP contribution in [-0.2, 0) is 17.7 Å². The number of rotatable bonds is 6. The number of allylic oxidation sites excluding steroid dienone is 1. The molecule has 1 aromatic heterocycles. The number of fused-ring (bicyclic) bond motifs is 1. The zero-order chi connectivity index (χ0) is 21.0. The van der Waals surface area contributed by atoms with Crippen molar-refractivity contribution in [3.63, 3.8) is 0 Å². The van der Waals surface area contributed by atoms with Gasteiger partial charge in [-0.05, 0) is 55.5 Å². The number of esters is 1. The third-order valence-corrected chi connectivity index (χ3v) is 4.95. The average molecular weight is 396 g/mol. The molecule has 0 aliphatic heterocycles. The molecule has 1 aliphatic carbocycles. The van der Waals surface area contributed by atoms with Crippen LogP contribution in [0.15, 0.2) is 42.1 Å². The van der Waals surface area contributed by atoms with Crippen molar-refractivity contribution in [1.29, 1.82) is 0 Å². The minimum atomic E-state index is -0.408. The molecule has 0 atom stereocenters. The molecule has 0 bridgehead atoms. The first kappa shape index (κ1) is 20.7. The van der Waals surface area contributed by atoms with Crippen molar-refractivity contribution in [3.05, 3.63) is 64.6 Å². The number of aromatic nitrogens is 1. The van der Waals surface area contributed by atoms with Crippen molar-refractivity contribution < 1.29 is 19.1 Å². The Hall–Kier alpha value is -3.02. The van der Waals surface area contributed by atoms with Gasteiger partial charge in [0.1, 0.15) is 11.4 Å². The van der Waals surface area contributed by atoms with Gasteiger partial charge in [0, 0.05) is 32.4 Å². The molecule has 0 unspecified atom stereocenters. The molecule has 29 heavy (non-hydrogen) atoms. The Bertz CT molecular complexity index is 940. The second kappa shape index (κ2) is 8.99. The van der Waals surface area contributed by atoms with E-state index in [9.17, 15) is 9.59 Å². The van der Waals surface area contributed by atoms with E-state index < -0.39 is 5.97 Å². The minimum Gasteiger partial charge on any atom is -0.497 e. The molecule has 0 amide bonds. The molecule has 1 heterocycles. The second-order valence-electron chi connectivity index (χ2n) is 7.36. The van der Waals surface area contributed by atoms with Crippen LogP contribution < -0.4 is 4.74 Å². The number of Topliss-reactive ketones (excluding diaryl/α,β-unsaturated/α-hetero) is 1. The first-order valence-electron chi connectivity index (χ1n) is 9.88. The molecule has 0 spiro atoms. The van der Waals surface area contributed by atoms with Gasteiger partial charge in [-0.15, -0.1) is 0 Å². The minimum absolute atomic E-state index is 0.0235. The van der Waals surface area contributed by atoms with E-state index in [2.05, 4.69) is 0 Å². The van der Waals surface area contributed by atoms with Gasteiger partial charge < -0.3 is 18.9 Å². The van der Waals surface area contributed by atoms with Crippen LogP contribution in [0.2, 0.25) is 0 Å². The van der Waals surface area contributed by atoms with E-state index in [1.165, 1.54) is 0 Å². The zero-order valence-electron chi connectivity index (χ0n) is 17.5. The maximum atomic E-state index is 13.4. The monoisotopic (exact) mass is 396 g/mol. The number of benzene rings is 1. The predicted molar refractivity (Wildman–Crippen MR) is 112 cm³/mol. The number of hydrogen-bond donors (Lipinski definition) is 0. The molecule has 0 fully saturated rings. The molecule has 0 N–H and O–H groups in total. The van der Waals surface area contributed by atoms with Crippen LogP contribution in [0.1, 0.15) is 51.9 Å². The summed E-state index contributed by atoms with van der Waals surface area (Å²) in [6.45, 7) is 2.45. The van der Waals surface area contributed by atoms with Crippen LogP contribution in [0.25, 0.3) is 0 Å². The van der Waals surface area contributed by atoms with Crippen LogP contribution in [0, 0.1) is 0 Å². The van der Waals surface area contributed by atoms with Gasteiger partial charge >= 0.3 is 5.97 Å². The maximum Gasteiger partial charge on any atom is 0.354 e. The normalized spacial score (nSPS) is 15.0. The number of nitrogens with zero attached hydrogens (tertiary/aromatic N) is 2. The highest BCUT2D eigenvalue weighted by atomic mass is 16.5. The summed E-state index contributed by atoms with van der Waals surface area (Å²) in [5.41, 5.74) is 3.61. The Morgan fingerprint density at radius 1 is 1.24 bits per heavy atom. The first-order valence-corrected chi connectivity index (χ1v) is 9.88. The van der Waals surface area contributed by atoms with E-state index in [1.54, 1.807) is 18.6 Å². The molecule has 2 aromatic rings. The summed E-state index contributed by atoms with van der Waals surface area (Å²) in [5, 5.41) is 0. The van der Waals surface area contributed by atoms with Gasteiger partial charge in [0.05, 0.1) is 19.4 Å². The van der Waals surface area contributed by atoms with Crippen LogP contribution in [-0.4, -0.2) is 49.0 Å². The van der Waals surface area contributed by atoms with E-state index in [1.807, 2.05) is 55.5 Å². The van der Waals surface area contributed by atoms with Crippen molar-refractivity contribution in [2.75, 3.05) is 27.8 Å². The Labute approximate surface area is 171 Å². The molecule has 6 nitrogen and oxygen atoms in total. The Kier molecular flexibility index (Phi) is 6.42.